The monoisotopic (exact) mass is 846 g/mol. The molecular formula is C54H103NO5. The summed E-state index contributed by atoms with van der Waals surface area (Å²) in [5, 5.41) is 23.2. The minimum absolute atomic E-state index is 0.0263. The number of amides is 1. The van der Waals surface area contributed by atoms with E-state index in [1.165, 1.54) is 186 Å². The molecule has 1 amide bonds. The van der Waals surface area contributed by atoms with Gasteiger partial charge in [-0.15, -0.1) is 0 Å². The first-order valence-corrected chi connectivity index (χ1v) is 26.6. The van der Waals surface area contributed by atoms with Crippen molar-refractivity contribution in [3.8, 4) is 0 Å². The van der Waals surface area contributed by atoms with Crippen LogP contribution in [0.1, 0.15) is 284 Å². The molecule has 2 atom stereocenters. The lowest BCUT2D eigenvalue weighted by atomic mass is 10.0. The fourth-order valence-electron chi connectivity index (χ4n) is 8.14. The maximum Gasteiger partial charge on any atom is 0.305 e. The quantitative estimate of drug-likeness (QED) is 0.0322. The summed E-state index contributed by atoms with van der Waals surface area (Å²) in [6.07, 6.45) is 58.6. The molecule has 0 aliphatic carbocycles. The number of hydrogen-bond acceptors (Lipinski definition) is 5. The zero-order valence-electron chi connectivity index (χ0n) is 40.2. The summed E-state index contributed by atoms with van der Waals surface area (Å²) in [6.45, 7) is 4.88. The van der Waals surface area contributed by atoms with E-state index in [4.69, 9.17) is 4.74 Å². The molecule has 0 aliphatic rings. The number of ether oxygens (including phenoxy) is 1. The number of nitrogens with one attached hydrogen (secondary N) is 1. The van der Waals surface area contributed by atoms with Gasteiger partial charge in [0, 0.05) is 12.8 Å². The summed E-state index contributed by atoms with van der Waals surface area (Å²) in [6, 6.07) is -0.559. The summed E-state index contributed by atoms with van der Waals surface area (Å²) in [7, 11) is 0. The molecule has 60 heavy (non-hydrogen) atoms. The molecule has 0 saturated heterocycles. The molecule has 6 heteroatoms. The number of allylic oxidation sites excluding steroid dienone is 4. The molecule has 3 N–H and O–H groups in total. The summed E-state index contributed by atoms with van der Waals surface area (Å²) >= 11 is 0. The van der Waals surface area contributed by atoms with Crippen molar-refractivity contribution in [2.24, 2.45) is 0 Å². The van der Waals surface area contributed by atoms with E-state index >= 15 is 0 Å². The molecule has 0 bridgehead atoms. The van der Waals surface area contributed by atoms with Crippen LogP contribution in [0, 0.1) is 0 Å². The molecular weight excluding hydrogens is 743 g/mol. The average Bonchev–Trinajstić information content (AvgIpc) is 3.25. The molecule has 0 aliphatic heterocycles. The van der Waals surface area contributed by atoms with Gasteiger partial charge in [0.15, 0.2) is 0 Å². The smallest absolute Gasteiger partial charge is 0.305 e. The number of carbonyl (C=O) groups excluding carboxylic acids is 2. The molecule has 6 nitrogen and oxygen atoms in total. The van der Waals surface area contributed by atoms with E-state index in [1.54, 1.807) is 0 Å². The summed E-state index contributed by atoms with van der Waals surface area (Å²) in [5.74, 6) is -0.0835. The van der Waals surface area contributed by atoms with Gasteiger partial charge in [0.25, 0.3) is 0 Å². The van der Waals surface area contributed by atoms with Crippen molar-refractivity contribution in [3.05, 3.63) is 24.3 Å². The van der Waals surface area contributed by atoms with E-state index in [-0.39, 0.29) is 18.5 Å². The molecule has 0 aromatic heterocycles. The first kappa shape index (κ1) is 58.3. The number of carbonyl (C=O) groups is 2. The van der Waals surface area contributed by atoms with Crippen molar-refractivity contribution in [1.82, 2.24) is 5.32 Å². The van der Waals surface area contributed by atoms with Crippen molar-refractivity contribution < 1.29 is 24.5 Å². The van der Waals surface area contributed by atoms with Crippen LogP contribution in [0.4, 0.5) is 0 Å². The minimum atomic E-state index is -0.679. The molecule has 0 saturated carbocycles. The van der Waals surface area contributed by atoms with Gasteiger partial charge in [-0.2, -0.15) is 0 Å². The van der Waals surface area contributed by atoms with Crippen LogP contribution < -0.4 is 5.32 Å². The Morgan fingerprint density at radius 2 is 0.833 bits per heavy atom. The highest BCUT2D eigenvalue weighted by Gasteiger charge is 2.20. The Kier molecular flexibility index (Phi) is 48.6. The fraction of sp³-hybridized carbons (Fsp3) is 0.889. The largest absolute Gasteiger partial charge is 0.466 e. The van der Waals surface area contributed by atoms with Crippen LogP contribution in [-0.4, -0.2) is 47.4 Å². The molecule has 0 fully saturated rings. The maximum absolute atomic E-state index is 12.5. The molecule has 0 radical (unpaired) electrons. The maximum atomic E-state index is 12.5. The fourth-order valence-corrected chi connectivity index (χ4v) is 8.14. The van der Waals surface area contributed by atoms with Crippen LogP contribution >= 0.6 is 0 Å². The molecule has 0 rings (SSSR count). The average molecular weight is 846 g/mol. The van der Waals surface area contributed by atoms with Crippen LogP contribution in [0.5, 0.6) is 0 Å². The van der Waals surface area contributed by atoms with Crippen molar-refractivity contribution in [2.45, 2.75) is 296 Å². The highest BCUT2D eigenvalue weighted by Crippen LogP contribution is 2.16. The highest BCUT2D eigenvalue weighted by molar-refractivity contribution is 5.76. The van der Waals surface area contributed by atoms with E-state index in [0.717, 1.165) is 64.2 Å². The predicted molar refractivity (Wildman–Crippen MR) is 260 cm³/mol. The topological polar surface area (TPSA) is 95.9 Å². The normalized spacial score (nSPS) is 12.8. The van der Waals surface area contributed by atoms with Gasteiger partial charge < -0.3 is 20.3 Å². The first-order valence-electron chi connectivity index (χ1n) is 26.6. The minimum Gasteiger partial charge on any atom is -0.466 e. The lowest BCUT2D eigenvalue weighted by molar-refractivity contribution is -0.143. The third kappa shape index (κ3) is 45.9. The van der Waals surface area contributed by atoms with E-state index in [2.05, 4.69) is 43.5 Å². The Labute approximate surface area is 373 Å². The van der Waals surface area contributed by atoms with Crippen LogP contribution in [0.2, 0.25) is 0 Å². The van der Waals surface area contributed by atoms with Gasteiger partial charge in [-0.25, -0.2) is 0 Å². The number of rotatable bonds is 49. The Balaban J connectivity index is 3.48. The molecule has 0 aromatic carbocycles. The van der Waals surface area contributed by atoms with E-state index in [0.29, 0.717) is 25.9 Å². The van der Waals surface area contributed by atoms with Crippen molar-refractivity contribution >= 4 is 11.9 Å². The number of unbranched alkanes of at least 4 members (excludes halogenated alkanes) is 34. The second-order valence-corrected chi connectivity index (χ2v) is 18.2. The number of esters is 1. The number of aliphatic hydroxyl groups is 2. The van der Waals surface area contributed by atoms with E-state index < -0.39 is 12.1 Å². The van der Waals surface area contributed by atoms with Crippen molar-refractivity contribution in [3.63, 3.8) is 0 Å². The van der Waals surface area contributed by atoms with Crippen molar-refractivity contribution in [1.29, 1.82) is 0 Å². The summed E-state index contributed by atoms with van der Waals surface area (Å²) in [4.78, 5) is 24.5. The van der Waals surface area contributed by atoms with Crippen LogP contribution in [0.15, 0.2) is 24.3 Å². The Morgan fingerprint density at radius 1 is 0.467 bits per heavy atom. The van der Waals surface area contributed by atoms with Gasteiger partial charge in [-0.1, -0.05) is 237 Å². The Morgan fingerprint density at radius 3 is 1.30 bits per heavy atom. The zero-order chi connectivity index (χ0) is 43.7. The zero-order valence-corrected chi connectivity index (χ0v) is 40.2. The molecule has 354 valence electrons. The van der Waals surface area contributed by atoms with E-state index in [9.17, 15) is 19.8 Å². The van der Waals surface area contributed by atoms with Crippen molar-refractivity contribution in [2.75, 3.05) is 13.2 Å². The third-order valence-corrected chi connectivity index (χ3v) is 12.3. The number of aliphatic hydroxyl groups excluding tert-OH is 2. The first-order chi connectivity index (χ1) is 29.5. The van der Waals surface area contributed by atoms with Crippen LogP contribution in [-0.2, 0) is 14.3 Å². The standard InChI is InChI=1S/C54H103NO5/c1-3-5-7-9-11-13-15-17-19-21-23-25-27-32-36-40-44-48-54(59)60-49-45-41-37-33-29-28-31-35-39-43-47-53(58)55-51(50-56)52(57)46-42-38-34-30-26-24-22-20-18-16-14-12-10-8-6-4-2/h11,13,17,19,51-52,56-57H,3-10,12,14-16,18,20-50H2,1-2H3,(H,55,58)/b13-11-,19-17-. The third-order valence-electron chi connectivity index (χ3n) is 12.3. The lowest BCUT2D eigenvalue weighted by Crippen LogP contribution is -2.45. The van der Waals surface area contributed by atoms with Crippen LogP contribution in [0.3, 0.4) is 0 Å². The van der Waals surface area contributed by atoms with Gasteiger partial charge in [-0.3, -0.25) is 9.59 Å². The van der Waals surface area contributed by atoms with Gasteiger partial charge in [0.2, 0.25) is 5.91 Å². The number of hydrogen-bond donors (Lipinski definition) is 3. The summed E-state index contributed by atoms with van der Waals surface area (Å²) in [5.41, 5.74) is 0. The SMILES string of the molecule is CCCCC/C=C\C/C=C\CCCCCCCCCC(=O)OCCCCCCCCCCCCC(=O)NC(CO)C(O)CCCCCCCCCCCCCCCCCC. The molecule has 0 heterocycles. The van der Waals surface area contributed by atoms with Gasteiger partial charge in [-0.05, 0) is 57.8 Å². The van der Waals surface area contributed by atoms with E-state index in [1.807, 2.05) is 0 Å². The highest BCUT2D eigenvalue weighted by atomic mass is 16.5. The molecule has 0 aromatic rings. The lowest BCUT2D eigenvalue weighted by Gasteiger charge is -2.22. The second-order valence-electron chi connectivity index (χ2n) is 18.2. The molecule has 2 unspecified atom stereocenters. The van der Waals surface area contributed by atoms with Gasteiger partial charge in [0.05, 0.1) is 25.4 Å². The molecule has 0 spiro atoms. The van der Waals surface area contributed by atoms with Gasteiger partial charge >= 0.3 is 5.97 Å². The summed E-state index contributed by atoms with van der Waals surface area (Å²) < 4.78 is 5.46. The second kappa shape index (κ2) is 50.0. The Bertz CT molecular complexity index is 935. The Hall–Kier alpha value is -1.66. The van der Waals surface area contributed by atoms with Gasteiger partial charge in [0.1, 0.15) is 0 Å². The van der Waals surface area contributed by atoms with Crippen LogP contribution in [0.25, 0.3) is 0 Å². The predicted octanol–water partition coefficient (Wildman–Crippen LogP) is 15.9.